The number of carbonyl (C=O) groups is 1. The van der Waals surface area contributed by atoms with Crippen molar-refractivity contribution in [3.05, 3.63) is 0 Å². The summed E-state index contributed by atoms with van der Waals surface area (Å²) in [7, 11) is -4.24. The third kappa shape index (κ3) is 26.4. The Kier molecular flexibility index (Phi) is 24.8. The lowest BCUT2D eigenvalue weighted by atomic mass is 10.0. The highest BCUT2D eigenvalue weighted by atomic mass is 31.2. The second-order valence-corrected chi connectivity index (χ2v) is 10.9. The first-order chi connectivity index (χ1) is 16.9. The molecular formula is C26H54NO7P. The minimum Gasteiger partial charge on any atom is -0.463 e. The lowest BCUT2D eigenvalue weighted by Crippen LogP contribution is -2.23. The van der Waals surface area contributed by atoms with Crippen molar-refractivity contribution < 1.29 is 33.1 Å². The predicted molar refractivity (Wildman–Crippen MR) is 141 cm³/mol. The van der Waals surface area contributed by atoms with Crippen molar-refractivity contribution in [3.8, 4) is 0 Å². The molecule has 0 saturated carbocycles. The van der Waals surface area contributed by atoms with Crippen LogP contribution >= 0.6 is 7.82 Å². The van der Waals surface area contributed by atoms with Crippen LogP contribution in [0, 0.1) is 0 Å². The summed E-state index contributed by atoms with van der Waals surface area (Å²) in [5, 5.41) is 9.70. The molecule has 0 fully saturated rings. The molecule has 0 aliphatic rings. The smallest absolute Gasteiger partial charge is 0.463 e. The summed E-state index contributed by atoms with van der Waals surface area (Å²) < 4.78 is 25.6. The zero-order valence-electron chi connectivity index (χ0n) is 22.3. The van der Waals surface area contributed by atoms with Crippen molar-refractivity contribution in [1.82, 2.24) is 0 Å². The van der Waals surface area contributed by atoms with E-state index in [0.29, 0.717) is 6.42 Å². The number of aliphatic hydroxyl groups is 1. The first-order valence-electron chi connectivity index (χ1n) is 14.1. The molecule has 8 nitrogen and oxygen atoms in total. The largest absolute Gasteiger partial charge is 0.472 e. The van der Waals surface area contributed by atoms with Gasteiger partial charge in [-0.05, 0) is 6.42 Å². The van der Waals surface area contributed by atoms with Gasteiger partial charge in [0.25, 0.3) is 0 Å². The van der Waals surface area contributed by atoms with Gasteiger partial charge in [-0.2, -0.15) is 0 Å². The van der Waals surface area contributed by atoms with Gasteiger partial charge in [-0.25, -0.2) is 4.57 Å². The van der Waals surface area contributed by atoms with Crippen molar-refractivity contribution in [2.24, 2.45) is 5.73 Å². The molecule has 0 spiro atoms. The summed E-state index contributed by atoms with van der Waals surface area (Å²) in [6.07, 6.45) is 22.4. The van der Waals surface area contributed by atoms with Crippen LogP contribution < -0.4 is 5.73 Å². The van der Waals surface area contributed by atoms with Gasteiger partial charge in [-0.3, -0.25) is 13.8 Å². The van der Waals surface area contributed by atoms with E-state index in [-0.39, 0.29) is 25.7 Å². The van der Waals surface area contributed by atoms with Crippen LogP contribution in [0.3, 0.4) is 0 Å². The molecule has 0 aliphatic heterocycles. The van der Waals surface area contributed by atoms with Gasteiger partial charge in [0, 0.05) is 13.0 Å². The fourth-order valence-corrected chi connectivity index (χ4v) is 4.64. The lowest BCUT2D eigenvalue weighted by molar-refractivity contribution is -0.147. The fraction of sp³-hybridized carbons (Fsp3) is 0.962. The number of nitrogens with two attached hydrogens (primary N) is 1. The van der Waals surface area contributed by atoms with E-state index in [9.17, 15) is 19.4 Å². The Bertz CT molecular complexity index is 522. The van der Waals surface area contributed by atoms with Crippen molar-refractivity contribution in [3.63, 3.8) is 0 Å². The summed E-state index contributed by atoms with van der Waals surface area (Å²) in [4.78, 5) is 21.1. The number of hydrogen-bond acceptors (Lipinski definition) is 7. The Hall–Kier alpha value is -0.500. The van der Waals surface area contributed by atoms with Crippen LogP contribution in [-0.2, 0) is 23.1 Å². The number of aliphatic hydroxyl groups excluding tert-OH is 1. The molecule has 0 radical (unpaired) electrons. The van der Waals surface area contributed by atoms with Gasteiger partial charge in [0.15, 0.2) is 0 Å². The van der Waals surface area contributed by atoms with Crippen LogP contribution in [0.1, 0.15) is 129 Å². The molecule has 0 rings (SSSR count). The van der Waals surface area contributed by atoms with Crippen molar-refractivity contribution in [2.45, 2.75) is 135 Å². The SMILES string of the molecule is CCCCCCCCCCCCCCCCCCCCC(=O)OCC(O)COP(=O)(O)OCCN. The maximum absolute atomic E-state index is 11.7. The van der Waals surface area contributed by atoms with Crippen LogP contribution in [0.25, 0.3) is 0 Å². The van der Waals surface area contributed by atoms with E-state index in [1.807, 2.05) is 0 Å². The summed E-state index contributed by atoms with van der Waals surface area (Å²) in [5.74, 6) is -0.382. The fourth-order valence-electron chi connectivity index (χ4n) is 3.87. The number of phosphoric acid groups is 1. The molecule has 0 aromatic rings. The third-order valence-electron chi connectivity index (χ3n) is 5.97. The van der Waals surface area contributed by atoms with Crippen LogP contribution in [0.2, 0.25) is 0 Å². The summed E-state index contributed by atoms with van der Waals surface area (Å²) in [6.45, 7) is 1.47. The second-order valence-electron chi connectivity index (χ2n) is 9.48. The highest BCUT2D eigenvalue weighted by Crippen LogP contribution is 2.42. The Morgan fingerprint density at radius 1 is 0.743 bits per heavy atom. The van der Waals surface area contributed by atoms with Gasteiger partial charge in [0.1, 0.15) is 12.7 Å². The molecular weight excluding hydrogens is 469 g/mol. The summed E-state index contributed by atoms with van der Waals surface area (Å²) in [6, 6.07) is 0. The maximum Gasteiger partial charge on any atom is 0.472 e. The lowest BCUT2D eigenvalue weighted by Gasteiger charge is -2.15. The number of phosphoric ester groups is 1. The van der Waals surface area contributed by atoms with Crippen molar-refractivity contribution in [2.75, 3.05) is 26.4 Å². The van der Waals surface area contributed by atoms with Crippen LogP contribution in [0.4, 0.5) is 0 Å². The van der Waals surface area contributed by atoms with Gasteiger partial charge >= 0.3 is 13.8 Å². The van der Waals surface area contributed by atoms with Crippen LogP contribution in [0.15, 0.2) is 0 Å². The van der Waals surface area contributed by atoms with E-state index >= 15 is 0 Å². The minimum atomic E-state index is -4.24. The molecule has 0 aromatic heterocycles. The van der Waals surface area contributed by atoms with E-state index in [4.69, 9.17) is 10.5 Å². The average Bonchev–Trinajstić information content (AvgIpc) is 2.84. The molecule has 9 heteroatoms. The topological polar surface area (TPSA) is 128 Å². The zero-order chi connectivity index (χ0) is 26.0. The van der Waals surface area contributed by atoms with E-state index in [2.05, 4.69) is 16.0 Å². The van der Waals surface area contributed by atoms with E-state index in [1.165, 1.54) is 96.3 Å². The Balaban J connectivity index is 3.36. The van der Waals surface area contributed by atoms with E-state index in [1.54, 1.807) is 0 Å². The monoisotopic (exact) mass is 523 g/mol. The highest BCUT2D eigenvalue weighted by Gasteiger charge is 2.22. The van der Waals surface area contributed by atoms with Crippen molar-refractivity contribution >= 4 is 13.8 Å². The molecule has 4 N–H and O–H groups in total. The molecule has 0 aromatic carbocycles. The number of unbranched alkanes of at least 4 members (excludes halogenated alkanes) is 17. The number of hydrogen-bond donors (Lipinski definition) is 3. The summed E-state index contributed by atoms with van der Waals surface area (Å²) in [5.41, 5.74) is 5.18. The normalized spacial score (nSPS) is 14.1. The minimum absolute atomic E-state index is 0.0769. The van der Waals surface area contributed by atoms with Crippen LogP contribution in [0.5, 0.6) is 0 Å². The van der Waals surface area contributed by atoms with Gasteiger partial charge in [0.05, 0.1) is 13.2 Å². The number of rotatable bonds is 27. The first kappa shape index (κ1) is 34.5. The maximum atomic E-state index is 11.7. The number of carbonyl (C=O) groups excluding carboxylic acids is 1. The number of esters is 1. The molecule has 35 heavy (non-hydrogen) atoms. The van der Waals surface area contributed by atoms with Gasteiger partial charge < -0.3 is 20.5 Å². The molecule has 0 saturated heterocycles. The van der Waals surface area contributed by atoms with Gasteiger partial charge in [-0.15, -0.1) is 0 Å². The third-order valence-corrected chi connectivity index (χ3v) is 6.96. The molecule has 0 aliphatic carbocycles. The molecule has 210 valence electrons. The molecule has 2 atom stereocenters. The molecule has 2 unspecified atom stereocenters. The quantitative estimate of drug-likeness (QED) is 0.0639. The molecule has 0 bridgehead atoms. The first-order valence-corrected chi connectivity index (χ1v) is 15.6. The van der Waals surface area contributed by atoms with E-state index in [0.717, 1.165) is 19.3 Å². The molecule has 0 heterocycles. The highest BCUT2D eigenvalue weighted by molar-refractivity contribution is 7.47. The standard InChI is InChI=1S/C26H54NO7P/c1-2-3-4-5-6-7-8-9-10-11-12-13-14-15-16-17-18-19-20-26(29)32-23-25(28)24-34-35(30,31)33-22-21-27/h25,28H,2-24,27H2,1H3,(H,30,31). The average molecular weight is 524 g/mol. The molecule has 0 amide bonds. The van der Waals surface area contributed by atoms with Crippen molar-refractivity contribution in [1.29, 1.82) is 0 Å². The van der Waals surface area contributed by atoms with Crippen LogP contribution in [-0.4, -0.2) is 48.4 Å². The summed E-state index contributed by atoms with van der Waals surface area (Å²) >= 11 is 0. The van der Waals surface area contributed by atoms with Gasteiger partial charge in [-0.1, -0.05) is 116 Å². The Morgan fingerprint density at radius 3 is 1.60 bits per heavy atom. The Labute approximate surface area is 214 Å². The number of ether oxygens (including phenoxy) is 1. The Morgan fingerprint density at radius 2 is 1.17 bits per heavy atom. The van der Waals surface area contributed by atoms with E-state index < -0.39 is 20.5 Å². The second kappa shape index (κ2) is 25.2. The van der Waals surface area contributed by atoms with Gasteiger partial charge in [0.2, 0.25) is 0 Å². The zero-order valence-corrected chi connectivity index (χ0v) is 23.2. The predicted octanol–water partition coefficient (Wildman–Crippen LogP) is 6.41.